The average Bonchev–Trinajstić information content (AvgIpc) is 3.46. The number of fused-ring (bicyclic) bond motifs is 1. The van der Waals surface area contributed by atoms with Crippen LogP contribution in [0.3, 0.4) is 0 Å². The second-order valence-corrected chi connectivity index (χ2v) is 7.52. The molecule has 0 radical (unpaired) electrons. The second kappa shape index (κ2) is 7.77. The van der Waals surface area contributed by atoms with Gasteiger partial charge in [-0.15, -0.1) is 0 Å². The minimum absolute atomic E-state index is 0.0679. The molecule has 9 heteroatoms. The minimum Gasteiger partial charge on any atom is -0.463 e. The Balaban J connectivity index is 1.45. The highest BCUT2D eigenvalue weighted by Crippen LogP contribution is 2.27. The fourth-order valence-electron chi connectivity index (χ4n) is 3.69. The number of anilines is 2. The number of furan rings is 1. The fraction of sp³-hybridized carbons (Fsp3) is 0.227. The van der Waals surface area contributed by atoms with Crippen LogP contribution in [-0.4, -0.2) is 54.2 Å². The highest BCUT2D eigenvalue weighted by molar-refractivity contribution is 6.03. The molecular weight excluding hydrogens is 398 g/mol. The molecule has 1 aliphatic rings. The highest BCUT2D eigenvalue weighted by atomic mass is 16.3. The number of aromatic nitrogens is 2. The number of rotatable bonds is 4. The third-order valence-corrected chi connectivity index (χ3v) is 5.41. The molecule has 1 aromatic carbocycles. The van der Waals surface area contributed by atoms with Gasteiger partial charge in [-0.1, -0.05) is 6.07 Å². The normalized spacial score (nSPS) is 14.8. The van der Waals surface area contributed by atoms with Gasteiger partial charge in [0.1, 0.15) is 5.69 Å². The summed E-state index contributed by atoms with van der Waals surface area (Å²) >= 11 is 0. The molecule has 31 heavy (non-hydrogen) atoms. The molecule has 0 saturated carbocycles. The van der Waals surface area contributed by atoms with Gasteiger partial charge in [-0.3, -0.25) is 14.7 Å². The Bertz CT molecular complexity index is 1280. The summed E-state index contributed by atoms with van der Waals surface area (Å²) in [6, 6.07) is 11.9. The van der Waals surface area contributed by atoms with Gasteiger partial charge in [-0.25, -0.2) is 0 Å². The summed E-state index contributed by atoms with van der Waals surface area (Å²) < 4.78 is 11.3. The number of benzene rings is 1. The zero-order valence-electron chi connectivity index (χ0n) is 16.9. The summed E-state index contributed by atoms with van der Waals surface area (Å²) in [5, 5.41) is 9.98. The lowest BCUT2D eigenvalue weighted by molar-refractivity contribution is 0.0997. The monoisotopic (exact) mass is 419 g/mol. The van der Waals surface area contributed by atoms with Crippen molar-refractivity contribution in [3.05, 3.63) is 64.7 Å². The van der Waals surface area contributed by atoms with Gasteiger partial charge in [-0.2, -0.15) is 5.10 Å². The van der Waals surface area contributed by atoms with Crippen LogP contribution in [0.1, 0.15) is 10.6 Å². The molecule has 5 rings (SSSR count). The Morgan fingerprint density at radius 2 is 1.97 bits per heavy atom. The maximum Gasteiger partial charge on any atom is 0.292 e. The fourth-order valence-corrected chi connectivity index (χ4v) is 3.69. The van der Waals surface area contributed by atoms with Crippen LogP contribution in [0.15, 0.2) is 62.4 Å². The molecule has 1 amide bonds. The highest BCUT2D eigenvalue weighted by Gasteiger charge is 2.20. The number of carbonyl (C=O) groups excluding carboxylic acids is 1. The standard InChI is InChI=1S/C22H21N5O4/c1-26-7-9-27(10-8-26)16-5-2-4-14-17(28)13-19(31-21(14)16)22(29)23-20-12-15(24-25-20)18-6-3-11-30-18/h2-6,11-13H,7-10H2,1H3,(H2,23,24,25,29). The van der Waals surface area contributed by atoms with Gasteiger partial charge in [-0.05, 0) is 31.3 Å². The molecule has 3 aromatic heterocycles. The van der Waals surface area contributed by atoms with Gasteiger partial charge in [0.25, 0.3) is 5.91 Å². The van der Waals surface area contributed by atoms with Crippen LogP contribution in [0.4, 0.5) is 11.5 Å². The summed E-state index contributed by atoms with van der Waals surface area (Å²) in [6.45, 7) is 3.47. The van der Waals surface area contributed by atoms with Gasteiger partial charge >= 0.3 is 0 Å². The Labute approximate surface area is 177 Å². The number of carbonyl (C=O) groups is 1. The van der Waals surface area contributed by atoms with Crippen molar-refractivity contribution in [1.29, 1.82) is 0 Å². The lowest BCUT2D eigenvalue weighted by Crippen LogP contribution is -2.44. The number of likely N-dealkylation sites (N-methyl/N-ethyl adjacent to an activating group) is 1. The second-order valence-electron chi connectivity index (χ2n) is 7.52. The van der Waals surface area contributed by atoms with Crippen LogP contribution in [0.25, 0.3) is 22.4 Å². The molecule has 1 fully saturated rings. The largest absolute Gasteiger partial charge is 0.463 e. The van der Waals surface area contributed by atoms with E-state index in [0.29, 0.717) is 28.2 Å². The van der Waals surface area contributed by atoms with Crippen molar-refractivity contribution < 1.29 is 13.6 Å². The lowest BCUT2D eigenvalue weighted by Gasteiger charge is -2.34. The van der Waals surface area contributed by atoms with Crippen LogP contribution < -0.4 is 15.6 Å². The van der Waals surface area contributed by atoms with Gasteiger partial charge in [0.2, 0.25) is 0 Å². The number of hydrogen-bond donors (Lipinski definition) is 2. The van der Waals surface area contributed by atoms with Crippen LogP contribution in [0.2, 0.25) is 0 Å². The molecule has 1 aliphatic heterocycles. The molecule has 1 saturated heterocycles. The van der Waals surface area contributed by atoms with Crippen molar-refractivity contribution >= 4 is 28.4 Å². The summed E-state index contributed by atoms with van der Waals surface area (Å²) in [7, 11) is 2.08. The average molecular weight is 419 g/mol. The Hall–Kier alpha value is -3.85. The van der Waals surface area contributed by atoms with Gasteiger partial charge in [0, 0.05) is 38.3 Å². The third kappa shape index (κ3) is 3.71. The van der Waals surface area contributed by atoms with Crippen molar-refractivity contribution in [3.63, 3.8) is 0 Å². The Kier molecular flexibility index (Phi) is 4.79. The molecule has 9 nitrogen and oxygen atoms in total. The summed E-state index contributed by atoms with van der Waals surface area (Å²) in [4.78, 5) is 29.9. The summed E-state index contributed by atoms with van der Waals surface area (Å²) in [6.07, 6.45) is 1.55. The van der Waals surface area contributed by atoms with Crippen LogP contribution >= 0.6 is 0 Å². The number of aromatic amines is 1. The number of piperazine rings is 1. The van der Waals surface area contributed by atoms with Crippen LogP contribution in [-0.2, 0) is 0 Å². The maximum absolute atomic E-state index is 12.8. The van der Waals surface area contributed by atoms with Crippen molar-refractivity contribution in [1.82, 2.24) is 15.1 Å². The molecule has 0 bridgehead atoms. The molecule has 0 unspecified atom stereocenters. The zero-order valence-corrected chi connectivity index (χ0v) is 16.9. The molecule has 4 aromatic rings. The van der Waals surface area contributed by atoms with E-state index in [2.05, 4.69) is 32.4 Å². The van der Waals surface area contributed by atoms with E-state index in [1.807, 2.05) is 12.1 Å². The van der Waals surface area contributed by atoms with Crippen molar-refractivity contribution in [3.8, 4) is 11.5 Å². The zero-order chi connectivity index (χ0) is 21.4. The SMILES string of the molecule is CN1CCN(c2cccc3c(=O)cc(C(=O)Nc4cc(-c5ccco5)[nH]n4)oc23)CC1. The number of para-hydroxylation sites is 1. The first-order valence-electron chi connectivity index (χ1n) is 9.99. The van der Waals surface area contributed by atoms with Crippen molar-refractivity contribution in [2.45, 2.75) is 0 Å². The third-order valence-electron chi connectivity index (χ3n) is 5.41. The first kappa shape index (κ1) is 19.1. The van der Waals surface area contributed by atoms with E-state index in [0.717, 1.165) is 31.9 Å². The van der Waals surface area contributed by atoms with E-state index < -0.39 is 5.91 Å². The Morgan fingerprint density at radius 3 is 2.74 bits per heavy atom. The topological polar surface area (TPSA) is 108 Å². The predicted molar refractivity (Wildman–Crippen MR) is 116 cm³/mol. The van der Waals surface area contributed by atoms with Crippen LogP contribution in [0, 0.1) is 0 Å². The first-order valence-corrected chi connectivity index (χ1v) is 9.99. The van der Waals surface area contributed by atoms with E-state index in [9.17, 15) is 9.59 Å². The lowest BCUT2D eigenvalue weighted by atomic mass is 10.1. The summed E-state index contributed by atoms with van der Waals surface area (Å²) in [5.74, 6) is 0.278. The van der Waals surface area contributed by atoms with E-state index in [-0.39, 0.29) is 11.2 Å². The quantitative estimate of drug-likeness (QED) is 0.524. The van der Waals surface area contributed by atoms with Crippen LogP contribution in [0.5, 0.6) is 0 Å². The number of nitrogens with one attached hydrogen (secondary N) is 2. The molecule has 158 valence electrons. The van der Waals surface area contributed by atoms with E-state index in [1.54, 1.807) is 30.5 Å². The number of H-pyrrole nitrogens is 1. The summed E-state index contributed by atoms with van der Waals surface area (Å²) in [5.41, 5.74) is 1.60. The Morgan fingerprint density at radius 1 is 1.13 bits per heavy atom. The maximum atomic E-state index is 12.8. The van der Waals surface area contributed by atoms with E-state index in [4.69, 9.17) is 8.83 Å². The molecular formula is C22H21N5O4. The van der Waals surface area contributed by atoms with E-state index >= 15 is 0 Å². The number of amides is 1. The minimum atomic E-state index is -0.551. The van der Waals surface area contributed by atoms with E-state index in [1.165, 1.54) is 6.07 Å². The number of nitrogens with zero attached hydrogens (tertiary/aromatic N) is 3. The van der Waals surface area contributed by atoms with Gasteiger partial charge < -0.3 is 24.0 Å². The molecule has 2 N–H and O–H groups in total. The smallest absolute Gasteiger partial charge is 0.292 e. The van der Waals surface area contributed by atoms with Gasteiger partial charge in [0.05, 0.1) is 17.3 Å². The van der Waals surface area contributed by atoms with Gasteiger partial charge in [0.15, 0.2) is 28.4 Å². The predicted octanol–water partition coefficient (Wildman–Crippen LogP) is 2.78. The first-order chi connectivity index (χ1) is 15.1. The number of hydrogen-bond acceptors (Lipinski definition) is 7. The van der Waals surface area contributed by atoms with Crippen molar-refractivity contribution in [2.75, 3.05) is 43.4 Å². The molecule has 0 spiro atoms. The molecule has 4 heterocycles. The van der Waals surface area contributed by atoms with Crippen molar-refractivity contribution in [2.24, 2.45) is 0 Å². The molecule has 0 atom stereocenters. The molecule has 0 aliphatic carbocycles.